The van der Waals surface area contributed by atoms with Gasteiger partial charge in [-0.15, -0.1) is 10.2 Å². The molecule has 1 heterocycles. The fraction of sp³-hybridized carbons (Fsp3) is 0.571. The van der Waals surface area contributed by atoms with E-state index in [-0.39, 0.29) is 12.5 Å². The molecule has 1 rings (SSSR count). The number of carbonyl (C=O) groups excluding carboxylic acids is 1. The van der Waals surface area contributed by atoms with Crippen molar-refractivity contribution in [1.82, 2.24) is 20.1 Å². The minimum atomic E-state index is -0.349. The zero-order chi connectivity index (χ0) is 9.68. The van der Waals surface area contributed by atoms with Gasteiger partial charge in [0.05, 0.1) is 6.54 Å². The number of rotatable bonds is 5. The van der Waals surface area contributed by atoms with E-state index in [1.54, 1.807) is 6.33 Å². The van der Waals surface area contributed by atoms with Crippen molar-refractivity contribution in [2.45, 2.75) is 6.42 Å². The second kappa shape index (κ2) is 4.56. The number of nitrogens with one attached hydrogen (secondary N) is 1. The van der Waals surface area contributed by atoms with Crippen LogP contribution in [0.15, 0.2) is 6.33 Å². The maximum Gasteiger partial charge on any atom is 0.231 e. The summed E-state index contributed by atoms with van der Waals surface area (Å²) < 4.78 is 1.84. The molecule has 0 aliphatic carbocycles. The molecule has 6 heteroatoms. The zero-order valence-electron chi connectivity index (χ0n) is 7.53. The Morgan fingerprint density at radius 3 is 3.08 bits per heavy atom. The van der Waals surface area contributed by atoms with Gasteiger partial charge in [0.25, 0.3) is 0 Å². The molecule has 1 aromatic heterocycles. The van der Waals surface area contributed by atoms with Crippen molar-refractivity contribution in [3.8, 4) is 0 Å². The Bertz CT molecular complexity index is 282. The standard InChI is InChI=1S/C7H13N5O/c1-12-5-10-11-7(12)2-3-9-4-6(8)13/h5,9H,2-4H2,1H3,(H2,8,13). The van der Waals surface area contributed by atoms with Crippen LogP contribution in [0.4, 0.5) is 0 Å². The summed E-state index contributed by atoms with van der Waals surface area (Å²) in [5, 5.41) is 10.5. The van der Waals surface area contributed by atoms with Crippen LogP contribution in [0.1, 0.15) is 5.82 Å². The lowest BCUT2D eigenvalue weighted by Crippen LogP contribution is -2.30. The van der Waals surface area contributed by atoms with Gasteiger partial charge in [0.15, 0.2) is 0 Å². The smallest absolute Gasteiger partial charge is 0.231 e. The topological polar surface area (TPSA) is 85.8 Å². The van der Waals surface area contributed by atoms with Gasteiger partial charge < -0.3 is 15.6 Å². The quantitative estimate of drug-likeness (QED) is 0.540. The van der Waals surface area contributed by atoms with Gasteiger partial charge in [0.2, 0.25) is 5.91 Å². The van der Waals surface area contributed by atoms with Gasteiger partial charge >= 0.3 is 0 Å². The zero-order valence-corrected chi connectivity index (χ0v) is 7.53. The summed E-state index contributed by atoms with van der Waals surface area (Å²) in [6.45, 7) is 0.882. The highest BCUT2D eigenvalue weighted by molar-refractivity contribution is 5.75. The maximum absolute atomic E-state index is 10.4. The van der Waals surface area contributed by atoms with Crippen molar-refractivity contribution in [1.29, 1.82) is 0 Å². The molecule has 0 saturated heterocycles. The van der Waals surface area contributed by atoms with Crippen LogP contribution in [-0.4, -0.2) is 33.8 Å². The van der Waals surface area contributed by atoms with Gasteiger partial charge in [-0.1, -0.05) is 0 Å². The minimum absolute atomic E-state index is 0.206. The van der Waals surface area contributed by atoms with Gasteiger partial charge in [-0.05, 0) is 0 Å². The minimum Gasteiger partial charge on any atom is -0.369 e. The summed E-state index contributed by atoms with van der Waals surface area (Å²) in [4.78, 5) is 10.4. The SMILES string of the molecule is Cn1cnnc1CCNCC(N)=O. The first-order chi connectivity index (χ1) is 6.20. The fourth-order valence-corrected chi connectivity index (χ4v) is 0.945. The van der Waals surface area contributed by atoms with Crippen LogP contribution < -0.4 is 11.1 Å². The number of nitrogens with two attached hydrogens (primary N) is 1. The van der Waals surface area contributed by atoms with Gasteiger partial charge in [-0.3, -0.25) is 4.79 Å². The van der Waals surface area contributed by atoms with Crippen molar-refractivity contribution in [2.24, 2.45) is 12.8 Å². The average molecular weight is 183 g/mol. The van der Waals surface area contributed by atoms with E-state index in [1.807, 2.05) is 11.6 Å². The molecule has 13 heavy (non-hydrogen) atoms. The van der Waals surface area contributed by atoms with E-state index in [0.717, 1.165) is 12.2 Å². The number of hydrogen-bond donors (Lipinski definition) is 2. The maximum atomic E-state index is 10.4. The van der Waals surface area contributed by atoms with Crippen LogP contribution in [0.5, 0.6) is 0 Å². The molecule has 0 radical (unpaired) electrons. The van der Waals surface area contributed by atoms with Crippen LogP contribution in [0.3, 0.4) is 0 Å². The van der Waals surface area contributed by atoms with E-state index >= 15 is 0 Å². The summed E-state index contributed by atoms with van der Waals surface area (Å²) in [6.07, 6.45) is 2.38. The van der Waals surface area contributed by atoms with Crippen molar-refractivity contribution in [2.75, 3.05) is 13.1 Å². The number of carbonyl (C=O) groups is 1. The normalized spacial score (nSPS) is 10.2. The Morgan fingerprint density at radius 2 is 2.54 bits per heavy atom. The molecule has 0 aliphatic rings. The summed E-state index contributed by atoms with van der Waals surface area (Å²) >= 11 is 0. The first kappa shape index (κ1) is 9.66. The monoisotopic (exact) mass is 183 g/mol. The number of amides is 1. The van der Waals surface area contributed by atoms with Crippen LogP contribution in [0.2, 0.25) is 0 Å². The molecular formula is C7H13N5O. The van der Waals surface area contributed by atoms with Gasteiger partial charge in [-0.25, -0.2) is 0 Å². The van der Waals surface area contributed by atoms with Crippen molar-refractivity contribution in [3.05, 3.63) is 12.2 Å². The third kappa shape index (κ3) is 3.20. The molecule has 0 spiro atoms. The molecule has 0 aliphatic heterocycles. The predicted octanol–water partition coefficient (Wildman–Crippen LogP) is -1.57. The molecule has 0 atom stereocenters. The Labute approximate surface area is 76.1 Å². The third-order valence-electron chi connectivity index (χ3n) is 1.63. The molecule has 0 fully saturated rings. The Balaban J connectivity index is 2.20. The van der Waals surface area contributed by atoms with Gasteiger partial charge in [0, 0.05) is 20.0 Å². The van der Waals surface area contributed by atoms with Crippen molar-refractivity contribution in [3.63, 3.8) is 0 Å². The molecule has 0 aromatic carbocycles. The number of primary amides is 1. The van der Waals surface area contributed by atoms with Gasteiger partial charge in [-0.2, -0.15) is 0 Å². The van der Waals surface area contributed by atoms with E-state index < -0.39 is 0 Å². The van der Waals surface area contributed by atoms with Crippen molar-refractivity contribution < 1.29 is 4.79 Å². The van der Waals surface area contributed by atoms with Gasteiger partial charge in [0.1, 0.15) is 12.2 Å². The second-order valence-electron chi connectivity index (χ2n) is 2.75. The molecule has 0 unspecified atom stereocenters. The van der Waals surface area contributed by atoms with Crippen LogP contribution >= 0.6 is 0 Å². The van der Waals surface area contributed by atoms with E-state index in [0.29, 0.717) is 6.54 Å². The Morgan fingerprint density at radius 1 is 1.77 bits per heavy atom. The van der Waals surface area contributed by atoms with E-state index in [2.05, 4.69) is 15.5 Å². The third-order valence-corrected chi connectivity index (χ3v) is 1.63. The highest BCUT2D eigenvalue weighted by atomic mass is 16.1. The summed E-state index contributed by atoms with van der Waals surface area (Å²) in [5.41, 5.74) is 4.95. The fourth-order valence-electron chi connectivity index (χ4n) is 0.945. The molecule has 0 saturated carbocycles. The molecule has 3 N–H and O–H groups in total. The Kier molecular flexibility index (Phi) is 3.39. The first-order valence-electron chi connectivity index (χ1n) is 4.02. The van der Waals surface area contributed by atoms with Crippen LogP contribution in [0.25, 0.3) is 0 Å². The molecule has 6 nitrogen and oxygen atoms in total. The lowest BCUT2D eigenvalue weighted by Gasteiger charge is -2.01. The second-order valence-corrected chi connectivity index (χ2v) is 2.75. The number of aromatic nitrogens is 3. The summed E-state index contributed by atoms with van der Waals surface area (Å²) in [5.74, 6) is 0.537. The van der Waals surface area contributed by atoms with E-state index in [4.69, 9.17) is 5.73 Å². The number of aryl methyl sites for hydroxylation is 1. The van der Waals surface area contributed by atoms with Crippen LogP contribution in [-0.2, 0) is 18.3 Å². The molecule has 1 amide bonds. The molecule has 0 bridgehead atoms. The highest BCUT2D eigenvalue weighted by Gasteiger charge is 1.99. The average Bonchev–Trinajstić information content (AvgIpc) is 2.45. The van der Waals surface area contributed by atoms with E-state index in [1.165, 1.54) is 0 Å². The first-order valence-corrected chi connectivity index (χ1v) is 4.02. The molecule has 1 aromatic rings. The predicted molar refractivity (Wildman–Crippen MR) is 46.8 cm³/mol. The van der Waals surface area contributed by atoms with Crippen LogP contribution in [0, 0.1) is 0 Å². The summed E-state index contributed by atoms with van der Waals surface area (Å²) in [7, 11) is 1.88. The Hall–Kier alpha value is -1.43. The largest absolute Gasteiger partial charge is 0.369 e. The van der Waals surface area contributed by atoms with Crippen molar-refractivity contribution >= 4 is 5.91 Å². The lowest BCUT2D eigenvalue weighted by molar-refractivity contribution is -0.117. The molecular weight excluding hydrogens is 170 g/mol. The number of hydrogen-bond acceptors (Lipinski definition) is 4. The van der Waals surface area contributed by atoms with E-state index in [9.17, 15) is 4.79 Å². The lowest BCUT2D eigenvalue weighted by atomic mass is 10.4. The molecule has 72 valence electrons. The number of nitrogens with zero attached hydrogens (tertiary/aromatic N) is 3. The summed E-state index contributed by atoms with van der Waals surface area (Å²) in [6, 6.07) is 0. The highest BCUT2D eigenvalue weighted by Crippen LogP contribution is 1.90.